The van der Waals surface area contributed by atoms with Gasteiger partial charge in [0, 0.05) is 27.2 Å². The first-order chi connectivity index (χ1) is 9.17. The highest BCUT2D eigenvalue weighted by molar-refractivity contribution is 5.79. The molecule has 0 aromatic heterocycles. The lowest BCUT2D eigenvalue weighted by molar-refractivity contribution is 0.465. The Morgan fingerprint density at radius 3 is 2.79 bits per heavy atom. The summed E-state index contributed by atoms with van der Waals surface area (Å²) in [4.78, 5) is 6.52. The summed E-state index contributed by atoms with van der Waals surface area (Å²) in [5, 5.41) is 3.42. The van der Waals surface area contributed by atoms with Crippen LogP contribution in [0.3, 0.4) is 0 Å². The third-order valence-corrected chi connectivity index (χ3v) is 3.20. The maximum Gasteiger partial charge on any atom is 0.193 e. The Hall–Kier alpha value is -1.51. The zero-order valence-electron chi connectivity index (χ0n) is 12.7. The van der Waals surface area contributed by atoms with Crippen LogP contribution in [0.2, 0.25) is 0 Å². The van der Waals surface area contributed by atoms with E-state index in [-0.39, 0.29) is 0 Å². The molecule has 1 rings (SSSR count). The second-order valence-corrected chi connectivity index (χ2v) is 4.99. The summed E-state index contributed by atoms with van der Waals surface area (Å²) < 4.78 is 0. The second kappa shape index (κ2) is 8.57. The smallest absolute Gasteiger partial charge is 0.193 e. The third kappa shape index (κ3) is 5.77. The van der Waals surface area contributed by atoms with Crippen LogP contribution in [0.4, 0.5) is 0 Å². The molecule has 0 saturated carbocycles. The van der Waals surface area contributed by atoms with E-state index in [0.29, 0.717) is 0 Å². The molecule has 0 unspecified atom stereocenters. The molecule has 3 heteroatoms. The van der Waals surface area contributed by atoms with Crippen LogP contribution in [-0.2, 0) is 6.42 Å². The van der Waals surface area contributed by atoms with E-state index in [1.54, 1.807) is 0 Å². The lowest BCUT2D eigenvalue weighted by Gasteiger charge is -2.21. The van der Waals surface area contributed by atoms with Gasteiger partial charge in [0.05, 0.1) is 0 Å². The minimum Gasteiger partial charge on any atom is -0.356 e. The molecule has 0 spiro atoms. The molecule has 0 amide bonds. The number of hydrogen-bond acceptors (Lipinski definition) is 1. The van der Waals surface area contributed by atoms with Crippen LogP contribution in [0, 0.1) is 6.92 Å². The number of aryl methyl sites for hydroxylation is 1. The molecule has 1 N–H and O–H groups in total. The van der Waals surface area contributed by atoms with E-state index in [0.717, 1.165) is 25.5 Å². The fourth-order valence-electron chi connectivity index (χ4n) is 2.07. The van der Waals surface area contributed by atoms with E-state index in [1.807, 2.05) is 7.05 Å². The lowest BCUT2D eigenvalue weighted by atomic mass is 10.1. The Bertz CT molecular complexity index is 399. The number of nitrogens with zero attached hydrogens (tertiary/aromatic N) is 2. The van der Waals surface area contributed by atoms with Gasteiger partial charge in [-0.1, -0.05) is 43.2 Å². The van der Waals surface area contributed by atoms with Crippen LogP contribution in [-0.4, -0.2) is 38.0 Å². The first-order valence-electron chi connectivity index (χ1n) is 7.14. The third-order valence-electron chi connectivity index (χ3n) is 3.20. The number of unbranched alkanes of at least 4 members (excludes halogenated alkanes) is 1. The summed E-state index contributed by atoms with van der Waals surface area (Å²) in [5.74, 6) is 0.987. The van der Waals surface area contributed by atoms with Crippen molar-refractivity contribution in [3.63, 3.8) is 0 Å². The molecule has 1 aromatic carbocycles. The predicted octanol–water partition coefficient (Wildman–Crippen LogP) is 2.84. The molecule has 3 nitrogen and oxygen atoms in total. The topological polar surface area (TPSA) is 27.6 Å². The highest BCUT2D eigenvalue weighted by atomic mass is 15.3. The first-order valence-corrected chi connectivity index (χ1v) is 7.14. The van der Waals surface area contributed by atoms with Gasteiger partial charge in [-0.25, -0.2) is 0 Å². The van der Waals surface area contributed by atoms with Crippen molar-refractivity contribution < 1.29 is 0 Å². The Balaban J connectivity index is 2.38. The molecule has 19 heavy (non-hydrogen) atoms. The molecule has 106 valence electrons. The van der Waals surface area contributed by atoms with Gasteiger partial charge in [0.15, 0.2) is 5.96 Å². The van der Waals surface area contributed by atoms with Crippen LogP contribution in [0.15, 0.2) is 29.3 Å². The van der Waals surface area contributed by atoms with Gasteiger partial charge in [-0.15, -0.1) is 0 Å². The minimum atomic E-state index is 0.923. The molecule has 0 aliphatic carbocycles. The second-order valence-electron chi connectivity index (χ2n) is 4.99. The lowest BCUT2D eigenvalue weighted by Crippen LogP contribution is -2.40. The highest BCUT2D eigenvalue weighted by Crippen LogP contribution is 2.04. The summed E-state index contributed by atoms with van der Waals surface area (Å²) >= 11 is 0. The molecule has 0 aliphatic heterocycles. The SMILES string of the molecule is CCCCN(C)C(=NC)NCCc1cccc(C)c1. The van der Waals surface area contributed by atoms with Gasteiger partial charge in [-0.3, -0.25) is 4.99 Å². The molecule has 0 radical (unpaired) electrons. The number of aliphatic imine (C=N–C) groups is 1. The Kier molecular flexibility index (Phi) is 7.01. The van der Waals surface area contributed by atoms with Crippen LogP contribution in [0.1, 0.15) is 30.9 Å². The van der Waals surface area contributed by atoms with Crippen molar-refractivity contribution in [2.24, 2.45) is 4.99 Å². The molecule has 0 saturated heterocycles. The molecular weight excluding hydrogens is 234 g/mol. The highest BCUT2D eigenvalue weighted by Gasteiger charge is 2.04. The molecule has 0 heterocycles. The number of benzene rings is 1. The number of rotatable bonds is 6. The van der Waals surface area contributed by atoms with E-state index < -0.39 is 0 Å². The average Bonchev–Trinajstić information content (AvgIpc) is 2.41. The van der Waals surface area contributed by atoms with Gasteiger partial charge >= 0.3 is 0 Å². The summed E-state index contributed by atoms with van der Waals surface area (Å²) in [5.41, 5.74) is 2.70. The Morgan fingerprint density at radius 1 is 1.37 bits per heavy atom. The van der Waals surface area contributed by atoms with Crippen molar-refractivity contribution in [1.29, 1.82) is 0 Å². The van der Waals surface area contributed by atoms with E-state index in [4.69, 9.17) is 0 Å². The Labute approximate surface area is 117 Å². The van der Waals surface area contributed by atoms with Crippen molar-refractivity contribution in [2.45, 2.75) is 33.1 Å². The van der Waals surface area contributed by atoms with Crippen molar-refractivity contribution in [1.82, 2.24) is 10.2 Å². The maximum atomic E-state index is 4.32. The van der Waals surface area contributed by atoms with Crippen molar-refractivity contribution in [2.75, 3.05) is 27.2 Å². The first kappa shape index (κ1) is 15.5. The van der Waals surface area contributed by atoms with Crippen molar-refractivity contribution >= 4 is 5.96 Å². The quantitative estimate of drug-likeness (QED) is 0.630. The van der Waals surface area contributed by atoms with Gasteiger partial charge in [0.1, 0.15) is 0 Å². The zero-order valence-corrected chi connectivity index (χ0v) is 12.7. The van der Waals surface area contributed by atoms with Gasteiger partial charge < -0.3 is 10.2 Å². The molecule has 1 aromatic rings. The number of hydrogen-bond donors (Lipinski definition) is 1. The van der Waals surface area contributed by atoms with E-state index in [1.165, 1.54) is 24.0 Å². The summed E-state index contributed by atoms with van der Waals surface area (Å²) in [7, 11) is 3.94. The van der Waals surface area contributed by atoms with Crippen LogP contribution in [0.5, 0.6) is 0 Å². The summed E-state index contributed by atoms with van der Waals surface area (Å²) in [6.45, 7) is 6.32. The standard InChI is InChI=1S/C16H27N3/c1-5-6-12-19(4)16(17-3)18-11-10-15-9-7-8-14(2)13-15/h7-9,13H,5-6,10-12H2,1-4H3,(H,17,18). The molecular formula is C16H27N3. The van der Waals surface area contributed by atoms with Crippen LogP contribution in [0.25, 0.3) is 0 Å². The molecule has 0 aliphatic rings. The molecule has 0 atom stereocenters. The van der Waals surface area contributed by atoms with E-state index in [9.17, 15) is 0 Å². The maximum absolute atomic E-state index is 4.32. The van der Waals surface area contributed by atoms with Crippen LogP contribution < -0.4 is 5.32 Å². The monoisotopic (exact) mass is 261 g/mol. The van der Waals surface area contributed by atoms with Crippen molar-refractivity contribution in [3.8, 4) is 0 Å². The number of nitrogens with one attached hydrogen (secondary N) is 1. The zero-order chi connectivity index (χ0) is 14.1. The molecule has 0 bridgehead atoms. The average molecular weight is 261 g/mol. The van der Waals surface area contributed by atoms with E-state index >= 15 is 0 Å². The van der Waals surface area contributed by atoms with Crippen molar-refractivity contribution in [3.05, 3.63) is 35.4 Å². The minimum absolute atomic E-state index is 0.923. The summed E-state index contributed by atoms with van der Waals surface area (Å²) in [6.07, 6.45) is 3.45. The van der Waals surface area contributed by atoms with Gasteiger partial charge in [0.25, 0.3) is 0 Å². The fourth-order valence-corrected chi connectivity index (χ4v) is 2.07. The van der Waals surface area contributed by atoms with Crippen LogP contribution >= 0.6 is 0 Å². The summed E-state index contributed by atoms with van der Waals surface area (Å²) in [6, 6.07) is 8.67. The molecule has 0 fully saturated rings. The largest absolute Gasteiger partial charge is 0.356 e. The fraction of sp³-hybridized carbons (Fsp3) is 0.562. The van der Waals surface area contributed by atoms with Gasteiger partial charge in [-0.05, 0) is 25.3 Å². The predicted molar refractivity (Wildman–Crippen MR) is 83.8 cm³/mol. The Morgan fingerprint density at radius 2 is 2.16 bits per heavy atom. The van der Waals surface area contributed by atoms with Gasteiger partial charge in [0.2, 0.25) is 0 Å². The van der Waals surface area contributed by atoms with Gasteiger partial charge in [-0.2, -0.15) is 0 Å². The number of guanidine groups is 1. The van der Waals surface area contributed by atoms with E-state index in [2.05, 4.69) is 60.4 Å². The normalized spacial score (nSPS) is 11.5.